The smallest absolute Gasteiger partial charge is 0.410 e. The first kappa shape index (κ1) is 23.9. The molecule has 1 aromatic heterocycles. The number of nitrogens with zero attached hydrogens (tertiary/aromatic N) is 4. The molecule has 1 atom stereocenters. The quantitative estimate of drug-likeness (QED) is 0.686. The lowest BCUT2D eigenvalue weighted by Gasteiger charge is -2.33. The molecule has 1 aromatic carbocycles. The number of ether oxygens (including phenoxy) is 2. The second-order valence-electron chi connectivity index (χ2n) is 9.66. The van der Waals surface area contributed by atoms with Crippen LogP contribution in [0.4, 0.5) is 4.79 Å². The van der Waals surface area contributed by atoms with E-state index in [-0.39, 0.29) is 18.0 Å². The highest BCUT2D eigenvalue weighted by Crippen LogP contribution is 2.24. The second kappa shape index (κ2) is 9.58. The number of rotatable bonds is 3. The maximum Gasteiger partial charge on any atom is 0.410 e. The highest BCUT2D eigenvalue weighted by Gasteiger charge is 2.34. The van der Waals surface area contributed by atoms with Crippen molar-refractivity contribution in [3.63, 3.8) is 0 Å². The van der Waals surface area contributed by atoms with E-state index in [1.54, 1.807) is 16.7 Å². The van der Waals surface area contributed by atoms with Gasteiger partial charge in [-0.3, -0.25) is 14.2 Å². The maximum atomic E-state index is 13.7. The van der Waals surface area contributed by atoms with Crippen molar-refractivity contribution in [3.8, 4) is 0 Å². The van der Waals surface area contributed by atoms with Gasteiger partial charge in [-0.2, -0.15) is 0 Å². The number of carbonyl (C=O) groups excluding carboxylic acids is 2. The molecule has 1 saturated heterocycles. The molecule has 2 aliphatic heterocycles. The molecule has 2 aromatic rings. The Morgan fingerprint density at radius 3 is 2.38 bits per heavy atom. The first-order chi connectivity index (χ1) is 16.2. The Kier molecular flexibility index (Phi) is 6.74. The van der Waals surface area contributed by atoms with Crippen molar-refractivity contribution in [2.75, 3.05) is 32.8 Å². The van der Waals surface area contributed by atoms with E-state index in [2.05, 4.69) is 0 Å². The third-order valence-electron chi connectivity index (χ3n) is 6.02. The number of aromatic nitrogens is 2. The lowest BCUT2D eigenvalue weighted by atomic mass is 10.0. The topological polar surface area (TPSA) is 94.0 Å². The molecule has 9 nitrogen and oxygen atoms in total. The Labute approximate surface area is 199 Å². The van der Waals surface area contributed by atoms with Crippen LogP contribution in [0.25, 0.3) is 0 Å². The number of amides is 2. The van der Waals surface area contributed by atoms with Gasteiger partial charge in [0.25, 0.3) is 11.5 Å². The fourth-order valence-electron chi connectivity index (χ4n) is 4.40. The van der Waals surface area contributed by atoms with Gasteiger partial charge < -0.3 is 19.3 Å². The van der Waals surface area contributed by atoms with Gasteiger partial charge in [0.1, 0.15) is 17.5 Å². The predicted molar refractivity (Wildman–Crippen MR) is 126 cm³/mol. The summed E-state index contributed by atoms with van der Waals surface area (Å²) >= 11 is 0. The van der Waals surface area contributed by atoms with Crippen molar-refractivity contribution in [3.05, 3.63) is 63.3 Å². The summed E-state index contributed by atoms with van der Waals surface area (Å²) < 4.78 is 12.4. The van der Waals surface area contributed by atoms with Crippen LogP contribution >= 0.6 is 0 Å². The minimum absolute atomic E-state index is 0.146. The number of morpholine rings is 1. The van der Waals surface area contributed by atoms with E-state index in [1.165, 1.54) is 4.57 Å². The minimum Gasteiger partial charge on any atom is -0.444 e. The summed E-state index contributed by atoms with van der Waals surface area (Å²) in [5.41, 5.74) is 0.994. The van der Waals surface area contributed by atoms with Crippen LogP contribution in [-0.2, 0) is 27.2 Å². The highest BCUT2D eigenvalue weighted by atomic mass is 16.6. The van der Waals surface area contributed by atoms with Gasteiger partial charge in [0.2, 0.25) is 0 Å². The van der Waals surface area contributed by atoms with Gasteiger partial charge in [-0.1, -0.05) is 30.3 Å². The van der Waals surface area contributed by atoms with E-state index in [0.29, 0.717) is 56.4 Å². The highest BCUT2D eigenvalue weighted by molar-refractivity contribution is 5.84. The summed E-state index contributed by atoms with van der Waals surface area (Å²) in [4.78, 5) is 48.0. The molecule has 0 N–H and O–H groups in total. The van der Waals surface area contributed by atoms with E-state index in [4.69, 9.17) is 14.5 Å². The van der Waals surface area contributed by atoms with Crippen molar-refractivity contribution in [2.45, 2.75) is 52.3 Å². The van der Waals surface area contributed by atoms with Crippen molar-refractivity contribution >= 4 is 12.0 Å². The molecular formula is C25H32N4O5. The molecule has 0 radical (unpaired) electrons. The average molecular weight is 469 g/mol. The fourth-order valence-corrected chi connectivity index (χ4v) is 4.40. The van der Waals surface area contributed by atoms with Gasteiger partial charge in [0.05, 0.1) is 25.5 Å². The van der Waals surface area contributed by atoms with Crippen molar-refractivity contribution in [1.82, 2.24) is 19.4 Å². The standard InChI is InChI=1S/C25H32N4O5/c1-17-26-20-16-28(24(32)34-25(2,3)4)11-10-19(20)22(30)29(17)21(18-8-6-5-7-9-18)23(31)27-12-14-33-15-13-27/h5-9,21H,10-16H2,1-4H3. The molecular weight excluding hydrogens is 436 g/mol. The lowest BCUT2D eigenvalue weighted by Crippen LogP contribution is -2.48. The Hall–Kier alpha value is -3.20. The zero-order valence-corrected chi connectivity index (χ0v) is 20.2. The van der Waals surface area contributed by atoms with Gasteiger partial charge in [-0.25, -0.2) is 9.78 Å². The van der Waals surface area contributed by atoms with E-state index in [1.807, 2.05) is 51.1 Å². The summed E-state index contributed by atoms with van der Waals surface area (Å²) in [7, 11) is 0. The SMILES string of the molecule is Cc1nc2c(c(=O)n1C(C(=O)N1CCOCC1)c1ccccc1)CCN(C(=O)OC(C)(C)C)C2. The molecule has 9 heteroatoms. The van der Waals surface area contributed by atoms with E-state index in [9.17, 15) is 14.4 Å². The lowest BCUT2D eigenvalue weighted by molar-refractivity contribution is -0.137. The Morgan fingerprint density at radius 2 is 1.74 bits per heavy atom. The summed E-state index contributed by atoms with van der Waals surface area (Å²) in [6, 6.07) is 8.51. The normalized spacial score (nSPS) is 17.2. The largest absolute Gasteiger partial charge is 0.444 e. The number of hydrogen-bond donors (Lipinski definition) is 0. The minimum atomic E-state index is -0.812. The number of carbonyl (C=O) groups is 2. The third kappa shape index (κ3) is 4.99. The third-order valence-corrected chi connectivity index (χ3v) is 6.02. The molecule has 3 heterocycles. The van der Waals surface area contributed by atoms with E-state index >= 15 is 0 Å². The van der Waals surface area contributed by atoms with E-state index < -0.39 is 17.7 Å². The van der Waals surface area contributed by atoms with Gasteiger partial charge >= 0.3 is 6.09 Å². The zero-order valence-electron chi connectivity index (χ0n) is 20.2. The summed E-state index contributed by atoms with van der Waals surface area (Å²) in [6.45, 7) is 9.67. The molecule has 0 saturated carbocycles. The summed E-state index contributed by atoms with van der Waals surface area (Å²) in [5.74, 6) is 0.290. The molecule has 2 amide bonds. The van der Waals surface area contributed by atoms with Gasteiger partial charge in [0, 0.05) is 25.2 Å². The first-order valence-electron chi connectivity index (χ1n) is 11.7. The monoisotopic (exact) mass is 468 g/mol. The van der Waals surface area contributed by atoms with Gasteiger partial charge in [-0.05, 0) is 39.7 Å². The van der Waals surface area contributed by atoms with Crippen LogP contribution in [0.2, 0.25) is 0 Å². The first-order valence-corrected chi connectivity index (χ1v) is 11.7. The maximum absolute atomic E-state index is 13.7. The van der Waals surface area contributed by atoms with Gasteiger partial charge in [0.15, 0.2) is 0 Å². The van der Waals surface area contributed by atoms with Crippen LogP contribution in [0, 0.1) is 6.92 Å². The average Bonchev–Trinajstić information content (AvgIpc) is 2.81. The molecule has 2 aliphatic rings. The molecule has 1 unspecified atom stereocenters. The molecule has 182 valence electrons. The van der Waals surface area contributed by atoms with Crippen LogP contribution in [0.5, 0.6) is 0 Å². The number of fused-ring (bicyclic) bond motifs is 1. The summed E-state index contributed by atoms with van der Waals surface area (Å²) in [5, 5.41) is 0. The van der Waals surface area contributed by atoms with Crippen LogP contribution in [0.15, 0.2) is 35.1 Å². The zero-order chi connectivity index (χ0) is 24.5. The Bertz CT molecular complexity index is 1120. The molecule has 0 aliphatic carbocycles. The van der Waals surface area contributed by atoms with E-state index in [0.717, 1.165) is 5.56 Å². The molecule has 4 rings (SSSR count). The fraction of sp³-hybridized carbons (Fsp3) is 0.520. The molecule has 34 heavy (non-hydrogen) atoms. The van der Waals surface area contributed by atoms with Crippen LogP contribution in [0.1, 0.15) is 49.5 Å². The molecule has 0 bridgehead atoms. The van der Waals surface area contributed by atoms with Crippen molar-refractivity contribution < 1.29 is 19.1 Å². The van der Waals surface area contributed by atoms with Gasteiger partial charge in [-0.15, -0.1) is 0 Å². The summed E-state index contributed by atoms with van der Waals surface area (Å²) in [6.07, 6.45) is -0.0695. The van der Waals surface area contributed by atoms with Crippen LogP contribution in [0.3, 0.4) is 0 Å². The second-order valence-corrected chi connectivity index (χ2v) is 9.66. The van der Waals surface area contributed by atoms with Crippen LogP contribution < -0.4 is 5.56 Å². The predicted octanol–water partition coefficient (Wildman–Crippen LogP) is 2.29. The number of benzene rings is 1. The van der Waals surface area contributed by atoms with Crippen molar-refractivity contribution in [1.29, 1.82) is 0 Å². The molecule has 0 spiro atoms. The molecule has 1 fully saturated rings. The Morgan fingerprint density at radius 1 is 1.06 bits per heavy atom. The Balaban J connectivity index is 1.71. The number of hydrogen-bond acceptors (Lipinski definition) is 6. The van der Waals surface area contributed by atoms with Crippen LogP contribution in [-0.4, -0.2) is 69.8 Å². The van der Waals surface area contributed by atoms with Crippen molar-refractivity contribution in [2.24, 2.45) is 0 Å². The number of aryl methyl sites for hydroxylation is 1.